The highest BCUT2D eigenvalue weighted by Crippen LogP contribution is 2.33. The van der Waals surface area contributed by atoms with Crippen molar-refractivity contribution in [1.82, 2.24) is 4.90 Å². The van der Waals surface area contributed by atoms with Crippen LogP contribution in [0.2, 0.25) is 0 Å². The molecule has 0 aromatic heterocycles. The lowest BCUT2D eigenvalue weighted by Gasteiger charge is -2.38. The number of nitrogens with zero attached hydrogens (tertiary/aromatic N) is 2. The predicted molar refractivity (Wildman–Crippen MR) is 105 cm³/mol. The fourth-order valence-corrected chi connectivity index (χ4v) is 3.51. The van der Waals surface area contributed by atoms with Crippen molar-refractivity contribution < 1.29 is 23.5 Å². The fraction of sp³-hybridized carbons (Fsp3) is 0.333. The lowest BCUT2D eigenvalue weighted by atomic mass is 10.1. The number of hydrogen-bond donors (Lipinski definition) is 1. The van der Waals surface area contributed by atoms with Crippen molar-refractivity contribution in [2.75, 3.05) is 49.6 Å². The Balaban J connectivity index is 1.48. The second kappa shape index (κ2) is 8.48. The zero-order valence-corrected chi connectivity index (χ0v) is 15.8. The molecule has 0 bridgehead atoms. The van der Waals surface area contributed by atoms with Crippen LogP contribution >= 0.6 is 0 Å². The van der Waals surface area contributed by atoms with Gasteiger partial charge in [0.05, 0.1) is 32.0 Å². The van der Waals surface area contributed by atoms with E-state index in [4.69, 9.17) is 9.47 Å². The summed E-state index contributed by atoms with van der Waals surface area (Å²) in [4.78, 5) is 29.0. The van der Waals surface area contributed by atoms with E-state index < -0.39 is 11.9 Å². The SMILES string of the molecule is O=C(CN1C[C@H](C(=O)N2CCOCC2)Oc2ccccc21)Nc1cccc(F)c1. The van der Waals surface area contributed by atoms with Crippen LogP contribution in [0.5, 0.6) is 5.75 Å². The number of morpholine rings is 1. The standard InChI is InChI=1S/C21H22FN3O4/c22-15-4-3-5-16(12-15)23-20(26)14-25-13-19(21(27)24-8-10-28-11-9-24)29-18-7-2-1-6-17(18)25/h1-7,12,19H,8-11,13-14H2,(H,23,26)/t19-/m1/s1. The molecule has 7 nitrogen and oxygen atoms in total. The van der Waals surface area contributed by atoms with E-state index in [1.807, 2.05) is 23.1 Å². The van der Waals surface area contributed by atoms with Gasteiger partial charge in [-0.25, -0.2) is 4.39 Å². The van der Waals surface area contributed by atoms with Gasteiger partial charge in [0.15, 0.2) is 6.10 Å². The van der Waals surface area contributed by atoms with Crippen LogP contribution in [-0.2, 0) is 14.3 Å². The van der Waals surface area contributed by atoms with Crippen molar-refractivity contribution >= 4 is 23.2 Å². The molecule has 1 atom stereocenters. The van der Waals surface area contributed by atoms with Gasteiger partial charge in [-0.1, -0.05) is 18.2 Å². The van der Waals surface area contributed by atoms with Crippen LogP contribution in [0.15, 0.2) is 48.5 Å². The van der Waals surface area contributed by atoms with Crippen LogP contribution in [0.4, 0.5) is 15.8 Å². The van der Waals surface area contributed by atoms with Gasteiger partial charge in [0, 0.05) is 18.8 Å². The zero-order valence-electron chi connectivity index (χ0n) is 15.8. The second-order valence-corrected chi connectivity index (χ2v) is 6.95. The minimum atomic E-state index is -0.704. The van der Waals surface area contributed by atoms with Crippen molar-refractivity contribution in [2.45, 2.75) is 6.10 Å². The molecule has 0 spiro atoms. The Kier molecular flexibility index (Phi) is 5.62. The number of carbonyl (C=O) groups is 2. The van der Waals surface area contributed by atoms with Crippen LogP contribution in [0.1, 0.15) is 0 Å². The van der Waals surface area contributed by atoms with Crippen molar-refractivity contribution in [3.05, 3.63) is 54.3 Å². The number of hydrogen-bond acceptors (Lipinski definition) is 5. The van der Waals surface area contributed by atoms with E-state index in [1.165, 1.54) is 18.2 Å². The first-order valence-corrected chi connectivity index (χ1v) is 9.53. The molecule has 8 heteroatoms. The largest absolute Gasteiger partial charge is 0.477 e. The summed E-state index contributed by atoms with van der Waals surface area (Å²) in [6.45, 7) is 2.35. The molecular weight excluding hydrogens is 377 g/mol. The normalized spacial score (nSPS) is 18.6. The summed E-state index contributed by atoms with van der Waals surface area (Å²) in [5, 5.41) is 2.69. The molecule has 2 aliphatic heterocycles. The first-order chi connectivity index (χ1) is 14.1. The smallest absolute Gasteiger partial charge is 0.265 e. The van der Waals surface area contributed by atoms with E-state index in [9.17, 15) is 14.0 Å². The molecule has 0 radical (unpaired) electrons. The summed E-state index contributed by atoms with van der Waals surface area (Å²) >= 11 is 0. The second-order valence-electron chi connectivity index (χ2n) is 6.95. The third-order valence-electron chi connectivity index (χ3n) is 4.90. The number of anilines is 2. The van der Waals surface area contributed by atoms with Gasteiger partial charge in [0.1, 0.15) is 11.6 Å². The molecule has 2 aliphatic rings. The van der Waals surface area contributed by atoms with Gasteiger partial charge in [-0.05, 0) is 30.3 Å². The fourth-order valence-electron chi connectivity index (χ4n) is 3.51. The Labute approximate surface area is 168 Å². The zero-order chi connectivity index (χ0) is 20.2. The van der Waals surface area contributed by atoms with Gasteiger partial charge in [-0.15, -0.1) is 0 Å². The molecule has 2 heterocycles. The number of carbonyl (C=O) groups excluding carboxylic acids is 2. The summed E-state index contributed by atoms with van der Waals surface area (Å²) in [6.07, 6.45) is -0.704. The van der Waals surface area contributed by atoms with Crippen LogP contribution in [-0.4, -0.2) is 62.2 Å². The predicted octanol–water partition coefficient (Wildman–Crippen LogP) is 1.89. The average Bonchev–Trinajstić information content (AvgIpc) is 2.73. The Morgan fingerprint density at radius 1 is 1.10 bits per heavy atom. The first-order valence-electron chi connectivity index (χ1n) is 9.53. The monoisotopic (exact) mass is 399 g/mol. The number of ether oxygens (including phenoxy) is 2. The molecular formula is C21H22FN3O4. The van der Waals surface area contributed by atoms with E-state index >= 15 is 0 Å². The molecule has 29 heavy (non-hydrogen) atoms. The molecule has 4 rings (SSSR count). The summed E-state index contributed by atoms with van der Waals surface area (Å²) in [5.41, 5.74) is 1.13. The number of para-hydroxylation sites is 2. The van der Waals surface area contributed by atoms with Crippen LogP contribution in [0, 0.1) is 5.82 Å². The van der Waals surface area contributed by atoms with Gasteiger partial charge < -0.3 is 24.6 Å². The first kappa shape index (κ1) is 19.2. The molecule has 2 aromatic rings. The third kappa shape index (κ3) is 4.48. The van der Waals surface area contributed by atoms with Crippen molar-refractivity contribution in [1.29, 1.82) is 0 Å². The lowest BCUT2D eigenvalue weighted by Crippen LogP contribution is -2.53. The summed E-state index contributed by atoms with van der Waals surface area (Å²) in [6, 6.07) is 13.0. The maximum Gasteiger partial charge on any atom is 0.265 e. The Hall–Kier alpha value is -3.13. The highest BCUT2D eigenvalue weighted by molar-refractivity contribution is 5.95. The van der Waals surface area contributed by atoms with Crippen LogP contribution in [0.3, 0.4) is 0 Å². The number of halogens is 1. The summed E-state index contributed by atoms with van der Waals surface area (Å²) < 4.78 is 24.6. The Morgan fingerprint density at radius 2 is 1.90 bits per heavy atom. The van der Waals surface area contributed by atoms with Gasteiger partial charge >= 0.3 is 0 Å². The maximum absolute atomic E-state index is 13.4. The van der Waals surface area contributed by atoms with Crippen molar-refractivity contribution in [3.63, 3.8) is 0 Å². The summed E-state index contributed by atoms with van der Waals surface area (Å²) in [7, 11) is 0. The maximum atomic E-state index is 13.4. The number of nitrogens with one attached hydrogen (secondary N) is 1. The number of fused-ring (bicyclic) bond motifs is 1. The Bertz CT molecular complexity index is 901. The highest BCUT2D eigenvalue weighted by Gasteiger charge is 2.34. The van der Waals surface area contributed by atoms with E-state index in [1.54, 1.807) is 17.0 Å². The van der Waals surface area contributed by atoms with Gasteiger partial charge in [0.2, 0.25) is 5.91 Å². The molecule has 1 N–H and O–H groups in total. The van der Waals surface area contributed by atoms with E-state index in [0.29, 0.717) is 37.7 Å². The number of amides is 2. The number of benzene rings is 2. The molecule has 0 saturated carbocycles. The lowest BCUT2D eigenvalue weighted by molar-refractivity contribution is -0.142. The minimum absolute atomic E-state index is 0.0176. The van der Waals surface area contributed by atoms with Gasteiger partial charge in [0.25, 0.3) is 5.91 Å². The average molecular weight is 399 g/mol. The van der Waals surface area contributed by atoms with E-state index in [0.717, 1.165) is 5.69 Å². The summed E-state index contributed by atoms with van der Waals surface area (Å²) in [5.74, 6) is -0.275. The van der Waals surface area contributed by atoms with Crippen molar-refractivity contribution in [3.8, 4) is 5.75 Å². The molecule has 152 valence electrons. The van der Waals surface area contributed by atoms with Crippen molar-refractivity contribution in [2.24, 2.45) is 0 Å². The van der Waals surface area contributed by atoms with E-state index in [-0.39, 0.29) is 24.9 Å². The van der Waals surface area contributed by atoms with Gasteiger partial charge in [-0.3, -0.25) is 9.59 Å². The van der Waals surface area contributed by atoms with Gasteiger partial charge in [-0.2, -0.15) is 0 Å². The topological polar surface area (TPSA) is 71.1 Å². The minimum Gasteiger partial charge on any atom is -0.477 e. The number of rotatable bonds is 4. The molecule has 2 aromatic carbocycles. The third-order valence-corrected chi connectivity index (χ3v) is 4.90. The molecule has 0 unspecified atom stereocenters. The molecule has 1 saturated heterocycles. The quantitative estimate of drug-likeness (QED) is 0.850. The van der Waals surface area contributed by atoms with E-state index in [2.05, 4.69) is 5.32 Å². The van der Waals surface area contributed by atoms with Crippen LogP contribution in [0.25, 0.3) is 0 Å². The highest BCUT2D eigenvalue weighted by atomic mass is 19.1. The van der Waals surface area contributed by atoms with Crippen LogP contribution < -0.4 is 15.0 Å². The Morgan fingerprint density at radius 3 is 2.69 bits per heavy atom. The molecule has 0 aliphatic carbocycles. The molecule has 2 amide bonds. The molecule has 1 fully saturated rings.